The van der Waals surface area contributed by atoms with Crippen LogP contribution in [0.3, 0.4) is 0 Å². The van der Waals surface area contributed by atoms with E-state index >= 15 is 0 Å². The smallest absolute Gasteiger partial charge is 0.408 e. The number of aliphatic hydroxyl groups excluding tert-OH is 1. The van der Waals surface area contributed by atoms with Gasteiger partial charge in [-0.15, -0.1) is 0 Å². The Morgan fingerprint density at radius 2 is 1.60 bits per heavy atom. The summed E-state index contributed by atoms with van der Waals surface area (Å²) in [6.07, 6.45) is -2.36. The number of carbonyl (C=O) groups excluding carboxylic acids is 4. The monoisotopic (exact) mass is 424 g/mol. The lowest BCUT2D eigenvalue weighted by molar-refractivity contribution is -0.149. The summed E-state index contributed by atoms with van der Waals surface area (Å²) in [7, 11) is 2.34. The summed E-state index contributed by atoms with van der Waals surface area (Å²) in [6, 6.07) is 6.31. The van der Waals surface area contributed by atoms with Gasteiger partial charge in [0.1, 0.15) is 18.7 Å². The molecule has 10 nitrogen and oxygen atoms in total. The zero-order valence-corrected chi connectivity index (χ0v) is 17.4. The molecule has 2 amide bonds. The summed E-state index contributed by atoms with van der Waals surface area (Å²) in [6.45, 7) is 2.83. The van der Waals surface area contributed by atoms with Crippen LogP contribution in [0.2, 0.25) is 0 Å². The van der Waals surface area contributed by atoms with Crippen LogP contribution in [-0.4, -0.2) is 61.5 Å². The maximum atomic E-state index is 12.6. The second-order valence-electron chi connectivity index (χ2n) is 6.69. The van der Waals surface area contributed by atoms with Gasteiger partial charge in [0.05, 0.1) is 26.7 Å². The number of carbonyl (C=O) groups is 4. The number of hydrogen-bond acceptors (Lipinski definition) is 8. The van der Waals surface area contributed by atoms with E-state index in [4.69, 9.17) is 4.74 Å². The largest absolute Gasteiger partial charge is 0.469 e. The standard InChI is InChI=1S/C20H28N2O8/c1-12(10-15(24)28-3)16(19(26)29-4)21-18(25)17(13(2)23)22-20(27)30-11-14-8-6-5-7-9-14/h5-9,12-13,16-17,23H,10-11H2,1-4H3,(H,21,25)(H,22,27)/t12-,13-,16-,17+/m1/s1. The van der Waals surface area contributed by atoms with E-state index in [9.17, 15) is 24.3 Å². The summed E-state index contributed by atoms with van der Waals surface area (Å²) in [5.41, 5.74) is 0.744. The number of amides is 2. The van der Waals surface area contributed by atoms with Crippen molar-refractivity contribution in [3.63, 3.8) is 0 Å². The summed E-state index contributed by atoms with van der Waals surface area (Å²) >= 11 is 0. The molecule has 166 valence electrons. The molecule has 0 aliphatic heterocycles. The molecule has 3 N–H and O–H groups in total. The number of methoxy groups -OCH3 is 2. The van der Waals surface area contributed by atoms with Crippen molar-refractivity contribution >= 4 is 23.9 Å². The molecule has 10 heteroatoms. The Kier molecular flexibility index (Phi) is 10.3. The lowest BCUT2D eigenvalue weighted by atomic mass is 9.97. The number of aliphatic hydroxyl groups is 1. The van der Waals surface area contributed by atoms with Crippen molar-refractivity contribution in [1.29, 1.82) is 0 Å². The minimum absolute atomic E-state index is 0.0260. The number of nitrogens with one attached hydrogen (secondary N) is 2. The molecule has 4 atom stereocenters. The van der Waals surface area contributed by atoms with Gasteiger partial charge in [-0.25, -0.2) is 9.59 Å². The molecule has 30 heavy (non-hydrogen) atoms. The SMILES string of the molecule is COC(=O)C[C@@H](C)[C@@H](NC(=O)[C@@H](NC(=O)OCc1ccccc1)[C@@H](C)O)C(=O)OC. The van der Waals surface area contributed by atoms with Gasteiger partial charge in [0.2, 0.25) is 5.91 Å². The van der Waals surface area contributed by atoms with E-state index in [0.717, 1.165) is 12.7 Å². The van der Waals surface area contributed by atoms with E-state index in [1.165, 1.54) is 14.0 Å². The molecule has 0 radical (unpaired) electrons. The summed E-state index contributed by atoms with van der Waals surface area (Å²) in [4.78, 5) is 48.2. The third-order valence-electron chi connectivity index (χ3n) is 4.29. The maximum absolute atomic E-state index is 12.6. The van der Waals surface area contributed by atoms with Crippen molar-refractivity contribution in [2.24, 2.45) is 5.92 Å². The first-order valence-electron chi connectivity index (χ1n) is 9.29. The fourth-order valence-electron chi connectivity index (χ4n) is 2.56. The van der Waals surface area contributed by atoms with E-state index in [-0.39, 0.29) is 13.0 Å². The predicted octanol–water partition coefficient (Wildman–Crippen LogP) is 0.519. The van der Waals surface area contributed by atoms with E-state index < -0.39 is 48.0 Å². The fourth-order valence-corrected chi connectivity index (χ4v) is 2.56. The minimum Gasteiger partial charge on any atom is -0.469 e. The van der Waals surface area contributed by atoms with Crippen LogP contribution in [0.25, 0.3) is 0 Å². The van der Waals surface area contributed by atoms with Gasteiger partial charge in [0.15, 0.2) is 0 Å². The Bertz CT molecular complexity index is 723. The minimum atomic E-state index is -1.40. The average molecular weight is 424 g/mol. The van der Waals surface area contributed by atoms with Crippen LogP contribution in [-0.2, 0) is 35.2 Å². The molecule has 0 unspecified atom stereocenters. The Hall–Kier alpha value is -3.14. The molecule has 0 bridgehead atoms. The lowest BCUT2D eigenvalue weighted by Gasteiger charge is -2.26. The van der Waals surface area contributed by atoms with Gasteiger partial charge in [-0.3, -0.25) is 9.59 Å². The molecule has 0 aromatic heterocycles. The van der Waals surface area contributed by atoms with Crippen molar-refractivity contribution in [2.75, 3.05) is 14.2 Å². The highest BCUT2D eigenvalue weighted by molar-refractivity contribution is 5.90. The second kappa shape index (κ2) is 12.4. The average Bonchev–Trinajstić information content (AvgIpc) is 2.73. The highest BCUT2D eigenvalue weighted by Gasteiger charge is 2.34. The molecule has 0 aliphatic rings. The molecule has 0 spiro atoms. The van der Waals surface area contributed by atoms with Gasteiger partial charge < -0.3 is 30.0 Å². The molecular weight excluding hydrogens is 396 g/mol. The Balaban J connectivity index is 2.78. The second-order valence-corrected chi connectivity index (χ2v) is 6.69. The van der Waals surface area contributed by atoms with Crippen LogP contribution in [0, 0.1) is 5.92 Å². The first-order chi connectivity index (χ1) is 14.2. The number of rotatable bonds is 10. The molecule has 1 aromatic carbocycles. The van der Waals surface area contributed by atoms with Crippen molar-refractivity contribution in [3.8, 4) is 0 Å². The Labute approximate surface area is 174 Å². The molecule has 0 fully saturated rings. The highest BCUT2D eigenvalue weighted by atomic mass is 16.5. The number of alkyl carbamates (subject to hydrolysis) is 1. The zero-order chi connectivity index (χ0) is 22.7. The highest BCUT2D eigenvalue weighted by Crippen LogP contribution is 2.12. The van der Waals surface area contributed by atoms with Crippen LogP contribution in [0.5, 0.6) is 0 Å². The first-order valence-corrected chi connectivity index (χ1v) is 9.29. The molecule has 1 rings (SSSR count). The quantitative estimate of drug-likeness (QED) is 0.365. The molecule has 0 heterocycles. The van der Waals surface area contributed by atoms with Gasteiger partial charge in [-0.1, -0.05) is 37.3 Å². The van der Waals surface area contributed by atoms with Crippen LogP contribution < -0.4 is 10.6 Å². The third-order valence-corrected chi connectivity index (χ3v) is 4.29. The van der Waals surface area contributed by atoms with Gasteiger partial charge in [-0.2, -0.15) is 0 Å². The molecule has 0 saturated carbocycles. The predicted molar refractivity (Wildman–Crippen MR) is 105 cm³/mol. The number of ether oxygens (including phenoxy) is 3. The van der Waals surface area contributed by atoms with Crippen molar-refractivity contribution in [3.05, 3.63) is 35.9 Å². The topological polar surface area (TPSA) is 140 Å². The van der Waals surface area contributed by atoms with Gasteiger partial charge in [0.25, 0.3) is 0 Å². The van der Waals surface area contributed by atoms with E-state index in [1.807, 2.05) is 6.07 Å². The molecule has 1 aromatic rings. The van der Waals surface area contributed by atoms with Crippen molar-refractivity contribution in [2.45, 2.75) is 45.1 Å². The maximum Gasteiger partial charge on any atom is 0.408 e. The van der Waals surface area contributed by atoms with Crippen molar-refractivity contribution in [1.82, 2.24) is 10.6 Å². The normalized spacial score (nSPS) is 14.4. The van der Waals surface area contributed by atoms with Crippen LogP contribution in [0.15, 0.2) is 30.3 Å². The number of benzene rings is 1. The Morgan fingerprint density at radius 1 is 0.967 bits per heavy atom. The van der Waals surface area contributed by atoms with Crippen LogP contribution in [0.4, 0.5) is 4.79 Å². The van der Waals surface area contributed by atoms with Crippen LogP contribution in [0.1, 0.15) is 25.8 Å². The van der Waals surface area contributed by atoms with Gasteiger partial charge >= 0.3 is 18.0 Å². The third kappa shape index (κ3) is 8.08. The fraction of sp³-hybridized carbons (Fsp3) is 0.500. The molecule has 0 aliphatic carbocycles. The van der Waals surface area contributed by atoms with Crippen molar-refractivity contribution < 1.29 is 38.5 Å². The summed E-state index contributed by atoms with van der Waals surface area (Å²) in [5.74, 6) is -2.85. The summed E-state index contributed by atoms with van der Waals surface area (Å²) in [5, 5.41) is 14.6. The zero-order valence-electron chi connectivity index (χ0n) is 17.4. The van der Waals surface area contributed by atoms with Gasteiger partial charge in [-0.05, 0) is 18.4 Å². The Morgan fingerprint density at radius 3 is 2.13 bits per heavy atom. The molecular formula is C20H28N2O8. The molecule has 0 saturated heterocycles. The van der Waals surface area contributed by atoms with E-state index in [2.05, 4.69) is 20.1 Å². The first kappa shape index (κ1) is 24.9. The number of esters is 2. The lowest BCUT2D eigenvalue weighted by Crippen LogP contribution is -2.57. The number of hydrogen-bond donors (Lipinski definition) is 3. The summed E-state index contributed by atoms with van der Waals surface area (Å²) < 4.78 is 14.3. The van der Waals surface area contributed by atoms with E-state index in [0.29, 0.717) is 0 Å². The van der Waals surface area contributed by atoms with E-state index in [1.54, 1.807) is 31.2 Å². The van der Waals surface area contributed by atoms with Crippen LogP contribution >= 0.6 is 0 Å². The van der Waals surface area contributed by atoms with Gasteiger partial charge in [0, 0.05) is 0 Å².